The van der Waals surface area contributed by atoms with Crippen LogP contribution in [0.5, 0.6) is 0 Å². The van der Waals surface area contributed by atoms with Crippen molar-refractivity contribution in [1.82, 2.24) is 20.0 Å². The van der Waals surface area contributed by atoms with Crippen molar-refractivity contribution in [3.05, 3.63) is 12.4 Å². The first kappa shape index (κ1) is 20.0. The Bertz CT molecular complexity index is 599. The second-order valence-corrected chi connectivity index (χ2v) is 6.26. The van der Waals surface area contributed by atoms with Crippen molar-refractivity contribution < 1.29 is 9.53 Å². The van der Waals surface area contributed by atoms with Crippen molar-refractivity contribution >= 4 is 41.5 Å². The molecule has 3 rings (SSSR count). The summed E-state index contributed by atoms with van der Waals surface area (Å²) in [6, 6.07) is 0. The predicted molar refractivity (Wildman–Crippen MR) is 107 cm³/mol. The lowest BCUT2D eigenvalue weighted by molar-refractivity contribution is -0.120. The molecule has 2 fully saturated rings. The number of ether oxygens (including phenoxy) is 1. The number of hydrogen-bond donors (Lipinski definition) is 1. The number of carbonyl (C=O) groups excluding carboxylic acids is 1. The smallest absolute Gasteiger partial charge is 0.246 e. The van der Waals surface area contributed by atoms with E-state index in [1.807, 2.05) is 25.1 Å². The predicted octanol–water partition coefficient (Wildman–Crippen LogP) is 0.689. The number of anilines is 1. The standard InChI is InChI=1S/C16H26N6O2.HI/c1-3-17-16(18-8-13-4-7-24-12-13)21-5-6-22(15(23)11-21)14-9-19-20(2)10-14;/h9-10,13H,3-8,11-12H2,1-2H3,(H,17,18);1H. The van der Waals surface area contributed by atoms with Gasteiger partial charge in [-0.15, -0.1) is 24.0 Å². The zero-order chi connectivity index (χ0) is 16.9. The van der Waals surface area contributed by atoms with Crippen LogP contribution in [0.1, 0.15) is 13.3 Å². The largest absolute Gasteiger partial charge is 0.381 e. The first-order valence-electron chi connectivity index (χ1n) is 8.57. The van der Waals surface area contributed by atoms with Gasteiger partial charge >= 0.3 is 0 Å². The summed E-state index contributed by atoms with van der Waals surface area (Å²) in [5, 5.41) is 7.45. The molecule has 9 heteroatoms. The van der Waals surface area contributed by atoms with Crippen LogP contribution in [0.3, 0.4) is 0 Å². The Hall–Kier alpha value is -1.36. The summed E-state index contributed by atoms with van der Waals surface area (Å²) >= 11 is 0. The molecule has 0 saturated carbocycles. The third-order valence-electron chi connectivity index (χ3n) is 4.38. The number of rotatable bonds is 4. The molecule has 0 aromatic carbocycles. The fourth-order valence-electron chi connectivity index (χ4n) is 3.04. The van der Waals surface area contributed by atoms with Gasteiger partial charge in [0.1, 0.15) is 6.54 Å². The molecule has 0 aliphatic carbocycles. The van der Waals surface area contributed by atoms with Crippen LogP contribution >= 0.6 is 24.0 Å². The molecule has 1 aromatic rings. The van der Waals surface area contributed by atoms with Gasteiger partial charge in [-0.3, -0.25) is 14.5 Å². The molecule has 1 atom stereocenters. The van der Waals surface area contributed by atoms with E-state index in [1.165, 1.54) is 0 Å². The van der Waals surface area contributed by atoms with E-state index >= 15 is 0 Å². The lowest BCUT2D eigenvalue weighted by atomic mass is 10.1. The first-order chi connectivity index (χ1) is 11.7. The van der Waals surface area contributed by atoms with Crippen LogP contribution in [0.2, 0.25) is 0 Å². The van der Waals surface area contributed by atoms with Crippen LogP contribution in [0.4, 0.5) is 5.69 Å². The first-order valence-corrected chi connectivity index (χ1v) is 8.57. The van der Waals surface area contributed by atoms with Gasteiger partial charge < -0.3 is 19.9 Å². The minimum atomic E-state index is 0. The maximum absolute atomic E-state index is 12.5. The summed E-state index contributed by atoms with van der Waals surface area (Å²) in [5.74, 6) is 1.39. The Morgan fingerprint density at radius 1 is 1.48 bits per heavy atom. The molecule has 0 spiro atoms. The summed E-state index contributed by atoms with van der Waals surface area (Å²) in [4.78, 5) is 21.1. The minimum Gasteiger partial charge on any atom is -0.381 e. The van der Waals surface area contributed by atoms with Gasteiger partial charge in [0.2, 0.25) is 5.91 Å². The number of amides is 1. The van der Waals surface area contributed by atoms with Gasteiger partial charge in [0.05, 0.1) is 18.5 Å². The van der Waals surface area contributed by atoms with Crippen molar-refractivity contribution in [2.45, 2.75) is 13.3 Å². The van der Waals surface area contributed by atoms with Gasteiger partial charge in [-0.2, -0.15) is 5.10 Å². The van der Waals surface area contributed by atoms with Crippen LogP contribution in [-0.4, -0.2) is 72.5 Å². The fraction of sp³-hybridized carbons (Fsp3) is 0.688. The van der Waals surface area contributed by atoms with Gasteiger partial charge in [-0.25, -0.2) is 0 Å². The average Bonchev–Trinajstić information content (AvgIpc) is 3.23. The maximum Gasteiger partial charge on any atom is 0.246 e. The Morgan fingerprint density at radius 3 is 2.92 bits per heavy atom. The molecule has 25 heavy (non-hydrogen) atoms. The molecule has 2 aliphatic heterocycles. The van der Waals surface area contributed by atoms with Crippen molar-refractivity contribution in [3.8, 4) is 0 Å². The van der Waals surface area contributed by atoms with Gasteiger partial charge in [0, 0.05) is 51.9 Å². The third-order valence-corrected chi connectivity index (χ3v) is 4.38. The summed E-state index contributed by atoms with van der Waals surface area (Å²) in [5.41, 5.74) is 0.854. The number of nitrogens with one attached hydrogen (secondary N) is 1. The number of guanidine groups is 1. The Kier molecular flexibility index (Phi) is 7.48. The molecule has 1 aromatic heterocycles. The number of aliphatic imine (C=N–C) groups is 1. The number of aryl methyl sites for hydroxylation is 1. The van der Waals surface area contributed by atoms with Crippen LogP contribution in [0.15, 0.2) is 17.4 Å². The molecule has 0 bridgehead atoms. The summed E-state index contributed by atoms with van der Waals surface area (Å²) in [6.07, 6.45) is 4.66. The highest BCUT2D eigenvalue weighted by atomic mass is 127. The van der Waals surface area contributed by atoms with Gasteiger partial charge in [-0.1, -0.05) is 0 Å². The number of hydrogen-bond acceptors (Lipinski definition) is 4. The van der Waals surface area contributed by atoms with Crippen LogP contribution in [0.25, 0.3) is 0 Å². The second kappa shape index (κ2) is 9.37. The second-order valence-electron chi connectivity index (χ2n) is 6.26. The molecule has 1 N–H and O–H groups in total. The van der Waals surface area contributed by atoms with E-state index < -0.39 is 0 Å². The Balaban J connectivity index is 0.00000225. The van der Waals surface area contributed by atoms with Crippen LogP contribution in [-0.2, 0) is 16.6 Å². The van der Waals surface area contributed by atoms with Gasteiger partial charge in [-0.05, 0) is 13.3 Å². The number of nitrogens with zero attached hydrogens (tertiary/aromatic N) is 5. The third kappa shape index (κ3) is 5.06. The number of halogens is 1. The molecule has 8 nitrogen and oxygen atoms in total. The number of carbonyl (C=O) groups is 1. The van der Waals surface area contributed by atoms with Crippen molar-refractivity contribution in [1.29, 1.82) is 0 Å². The monoisotopic (exact) mass is 462 g/mol. The summed E-state index contributed by atoms with van der Waals surface area (Å²) in [7, 11) is 1.85. The molecule has 1 amide bonds. The normalized spacial score (nSPS) is 21.4. The topological polar surface area (TPSA) is 75.0 Å². The molecule has 1 unspecified atom stereocenters. The minimum absolute atomic E-state index is 0. The van der Waals surface area contributed by atoms with Crippen LogP contribution in [0, 0.1) is 5.92 Å². The summed E-state index contributed by atoms with van der Waals surface area (Å²) in [6.45, 7) is 6.94. The molecular weight excluding hydrogens is 435 g/mol. The SMILES string of the molecule is CCNC(=NCC1CCOC1)N1CCN(c2cnn(C)c2)C(=O)C1.I. The Morgan fingerprint density at radius 2 is 2.32 bits per heavy atom. The number of aromatic nitrogens is 2. The van der Waals surface area contributed by atoms with E-state index in [1.54, 1.807) is 15.8 Å². The van der Waals surface area contributed by atoms with Crippen molar-refractivity contribution in [2.75, 3.05) is 50.8 Å². The fourth-order valence-corrected chi connectivity index (χ4v) is 3.04. The molecule has 140 valence electrons. The molecule has 2 saturated heterocycles. The number of piperazine rings is 1. The van der Waals surface area contributed by atoms with Gasteiger partial charge in [0.25, 0.3) is 0 Å². The molecule has 0 radical (unpaired) electrons. The summed E-state index contributed by atoms with van der Waals surface area (Å²) < 4.78 is 7.12. The lowest BCUT2D eigenvalue weighted by Gasteiger charge is -2.35. The van der Waals surface area contributed by atoms with E-state index in [-0.39, 0.29) is 29.9 Å². The van der Waals surface area contributed by atoms with E-state index in [9.17, 15) is 4.79 Å². The molecular formula is C16H27IN6O2. The van der Waals surface area contributed by atoms with E-state index in [2.05, 4.69) is 10.4 Å². The van der Waals surface area contributed by atoms with E-state index in [4.69, 9.17) is 9.73 Å². The molecule has 2 aliphatic rings. The highest BCUT2D eigenvalue weighted by Crippen LogP contribution is 2.17. The zero-order valence-corrected chi connectivity index (χ0v) is 17.2. The Labute approximate surface area is 165 Å². The average molecular weight is 462 g/mol. The van der Waals surface area contributed by atoms with Crippen molar-refractivity contribution in [2.24, 2.45) is 18.0 Å². The van der Waals surface area contributed by atoms with Crippen LogP contribution < -0.4 is 10.2 Å². The van der Waals surface area contributed by atoms with Crippen molar-refractivity contribution in [3.63, 3.8) is 0 Å². The maximum atomic E-state index is 12.5. The quantitative estimate of drug-likeness (QED) is 0.405. The highest BCUT2D eigenvalue weighted by molar-refractivity contribution is 14.0. The van der Waals surface area contributed by atoms with E-state index in [0.717, 1.165) is 50.9 Å². The van der Waals surface area contributed by atoms with E-state index in [0.29, 0.717) is 19.0 Å². The lowest BCUT2D eigenvalue weighted by Crippen LogP contribution is -2.55. The molecule has 3 heterocycles. The zero-order valence-electron chi connectivity index (χ0n) is 14.8. The highest BCUT2D eigenvalue weighted by Gasteiger charge is 2.28. The van der Waals surface area contributed by atoms with Gasteiger partial charge in [0.15, 0.2) is 5.96 Å².